The van der Waals surface area contributed by atoms with Crippen LogP contribution in [-0.2, 0) is 25.6 Å². The predicted octanol–water partition coefficient (Wildman–Crippen LogP) is 4.44. The van der Waals surface area contributed by atoms with Gasteiger partial charge in [0.25, 0.3) is 0 Å². The minimum atomic E-state index is -3.41. The first kappa shape index (κ1) is 28.0. The first-order chi connectivity index (χ1) is 12.2. The van der Waals surface area contributed by atoms with Crippen molar-refractivity contribution in [3.63, 3.8) is 0 Å². The number of sulfonamides is 1. The molecular weight excluding hydrogens is 394 g/mol. The lowest BCUT2D eigenvalue weighted by Crippen LogP contribution is -2.53. The molecule has 0 N–H and O–H groups in total. The van der Waals surface area contributed by atoms with Crippen LogP contribution < -0.4 is 0 Å². The second-order valence-electron chi connectivity index (χ2n) is 10.8. The van der Waals surface area contributed by atoms with Crippen molar-refractivity contribution in [2.45, 2.75) is 105 Å². The van der Waals surface area contributed by atoms with Crippen molar-refractivity contribution >= 4 is 20.8 Å². The van der Waals surface area contributed by atoms with Gasteiger partial charge in [-0.3, -0.25) is 4.21 Å². The van der Waals surface area contributed by atoms with Crippen LogP contribution in [0.1, 0.15) is 82.1 Å². The Balaban J connectivity index is 6.02. The molecule has 0 radical (unpaired) electrons. The minimum Gasteiger partial charge on any atom is -0.373 e. The van der Waals surface area contributed by atoms with Crippen LogP contribution in [0.25, 0.3) is 0 Å². The summed E-state index contributed by atoms with van der Waals surface area (Å²) in [5.41, 5.74) is -0.947. The van der Waals surface area contributed by atoms with E-state index in [2.05, 4.69) is 34.6 Å². The topological polar surface area (TPSA) is 63.7 Å². The summed E-state index contributed by atoms with van der Waals surface area (Å²) < 4.78 is 45.3. The smallest absolute Gasteiger partial charge is 0.211 e. The highest BCUT2D eigenvalue weighted by Gasteiger charge is 2.41. The van der Waals surface area contributed by atoms with E-state index in [9.17, 15) is 12.6 Å². The number of nitrogens with zero attached hydrogens (tertiary/aromatic N) is 1. The van der Waals surface area contributed by atoms with E-state index < -0.39 is 26.4 Å². The van der Waals surface area contributed by atoms with E-state index >= 15 is 0 Å². The molecule has 170 valence electrons. The van der Waals surface area contributed by atoms with Gasteiger partial charge in [0.2, 0.25) is 10.0 Å². The van der Waals surface area contributed by atoms with Gasteiger partial charge in [-0.1, -0.05) is 41.5 Å². The maximum absolute atomic E-state index is 12.5. The van der Waals surface area contributed by atoms with Gasteiger partial charge in [-0.15, -0.1) is 0 Å². The highest BCUT2D eigenvalue weighted by molar-refractivity contribution is 7.88. The Bertz CT molecular complexity index is 615. The third-order valence-electron chi connectivity index (χ3n) is 5.62. The van der Waals surface area contributed by atoms with Crippen LogP contribution in [0.15, 0.2) is 0 Å². The number of hydrogen-bond acceptors (Lipinski definition) is 4. The second-order valence-corrected chi connectivity index (χ2v) is 14.4. The summed E-state index contributed by atoms with van der Waals surface area (Å²) in [4.78, 5) is 0. The highest BCUT2D eigenvalue weighted by Crippen LogP contribution is 2.36. The van der Waals surface area contributed by atoms with E-state index in [-0.39, 0.29) is 34.8 Å². The molecule has 7 heteroatoms. The van der Waals surface area contributed by atoms with E-state index in [1.165, 1.54) is 10.6 Å². The average Bonchev–Trinajstić information content (AvgIpc) is 2.44. The molecule has 0 aromatic rings. The molecule has 0 rings (SSSR count). The quantitative estimate of drug-likeness (QED) is 0.505. The van der Waals surface area contributed by atoms with Crippen LogP contribution in [0.4, 0.5) is 0 Å². The van der Waals surface area contributed by atoms with Crippen LogP contribution in [0.5, 0.6) is 0 Å². The first-order valence-electron chi connectivity index (χ1n) is 10.2. The molecule has 28 heavy (non-hydrogen) atoms. The van der Waals surface area contributed by atoms with Crippen LogP contribution in [0.3, 0.4) is 0 Å². The highest BCUT2D eigenvalue weighted by atomic mass is 32.2. The monoisotopic (exact) mass is 439 g/mol. The zero-order valence-electron chi connectivity index (χ0n) is 20.3. The van der Waals surface area contributed by atoms with E-state index in [1.807, 2.05) is 34.6 Å². The normalized spacial score (nSPS) is 18.8. The lowest BCUT2D eigenvalue weighted by atomic mass is 9.80. The van der Waals surface area contributed by atoms with Gasteiger partial charge in [0.05, 0.1) is 18.5 Å². The van der Waals surface area contributed by atoms with Crippen molar-refractivity contribution in [3.8, 4) is 0 Å². The Morgan fingerprint density at radius 1 is 1.04 bits per heavy atom. The summed E-state index contributed by atoms with van der Waals surface area (Å²) >= 11 is 0. The van der Waals surface area contributed by atoms with Crippen LogP contribution in [0, 0.1) is 10.8 Å². The van der Waals surface area contributed by atoms with E-state index in [0.717, 1.165) is 12.8 Å². The second kappa shape index (κ2) is 9.88. The van der Waals surface area contributed by atoms with Gasteiger partial charge in [-0.25, -0.2) is 8.42 Å². The maximum atomic E-state index is 12.5. The van der Waals surface area contributed by atoms with E-state index in [0.29, 0.717) is 0 Å². The molecule has 0 fully saturated rings. The van der Waals surface area contributed by atoms with Crippen molar-refractivity contribution in [3.05, 3.63) is 0 Å². The summed E-state index contributed by atoms with van der Waals surface area (Å²) in [6.45, 7) is 20.7. The van der Waals surface area contributed by atoms with Gasteiger partial charge in [0, 0.05) is 34.4 Å². The summed E-state index contributed by atoms with van der Waals surface area (Å²) in [7, 11) is -4.34. The van der Waals surface area contributed by atoms with Crippen molar-refractivity contribution in [1.29, 1.82) is 0 Å². The fraction of sp³-hybridized carbons (Fsp3) is 1.00. The van der Waals surface area contributed by atoms with Crippen LogP contribution >= 0.6 is 0 Å². The number of hydrogen-bond donors (Lipinski definition) is 0. The Morgan fingerprint density at radius 3 is 1.79 bits per heavy atom. The molecule has 3 unspecified atom stereocenters. The first-order valence-corrected chi connectivity index (χ1v) is 13.7. The Kier molecular flexibility index (Phi) is 9.89. The molecule has 5 nitrogen and oxygen atoms in total. The number of ether oxygens (including phenoxy) is 1. The standard InChI is InChI=1S/C21H45NO4S2/c1-13-17(27(11)23)14-21(9,10)18(26-16(2)19(3,4)5)15-22(20(6,7)8)28(12,24)25/h16-18H,13-15H2,1-12H3/t16?,17?,18?,27-/m1/s1. The molecule has 0 bridgehead atoms. The summed E-state index contributed by atoms with van der Waals surface area (Å²) in [5, 5.41) is 0.0624. The Hall–Kier alpha value is 0.0200. The summed E-state index contributed by atoms with van der Waals surface area (Å²) in [6, 6.07) is 0. The number of rotatable bonds is 10. The van der Waals surface area contributed by atoms with Crippen molar-refractivity contribution in [1.82, 2.24) is 4.31 Å². The van der Waals surface area contributed by atoms with Gasteiger partial charge in [0.15, 0.2) is 0 Å². The largest absolute Gasteiger partial charge is 0.373 e. The molecule has 0 aliphatic heterocycles. The lowest BCUT2D eigenvalue weighted by molar-refractivity contribution is -0.113. The van der Waals surface area contributed by atoms with Crippen molar-refractivity contribution in [2.24, 2.45) is 10.8 Å². The Morgan fingerprint density at radius 2 is 1.50 bits per heavy atom. The fourth-order valence-corrected chi connectivity index (χ4v) is 5.73. The summed E-state index contributed by atoms with van der Waals surface area (Å²) in [6.07, 6.45) is 4.18. The van der Waals surface area contributed by atoms with Gasteiger partial charge >= 0.3 is 0 Å². The van der Waals surface area contributed by atoms with Crippen molar-refractivity contribution in [2.75, 3.05) is 19.1 Å². The van der Waals surface area contributed by atoms with Gasteiger partial charge in [-0.2, -0.15) is 4.31 Å². The minimum absolute atomic E-state index is 0.0506. The molecule has 0 saturated heterocycles. The fourth-order valence-electron chi connectivity index (χ4n) is 3.20. The van der Waals surface area contributed by atoms with E-state index in [4.69, 9.17) is 4.74 Å². The van der Waals surface area contributed by atoms with E-state index in [1.54, 1.807) is 6.26 Å². The molecule has 0 saturated carbocycles. The van der Waals surface area contributed by atoms with Gasteiger partial charge in [0.1, 0.15) is 0 Å². The average molecular weight is 440 g/mol. The molecule has 0 heterocycles. The predicted molar refractivity (Wildman–Crippen MR) is 122 cm³/mol. The maximum Gasteiger partial charge on any atom is 0.211 e. The third-order valence-corrected chi connectivity index (χ3v) is 8.55. The Labute approximate surface area is 177 Å². The molecule has 4 atom stereocenters. The molecule has 0 amide bonds. The third kappa shape index (κ3) is 8.80. The van der Waals surface area contributed by atoms with Gasteiger partial charge in [-0.05, 0) is 51.4 Å². The SMILES string of the molecule is CCC(CC(C)(C)C(CN(C(C)(C)C)S(C)(=O)=O)OC(C)C(C)(C)C)[S@@](C)=O. The molecule has 0 aliphatic rings. The zero-order chi connectivity index (χ0) is 22.7. The van der Waals surface area contributed by atoms with Crippen LogP contribution in [-0.4, -0.2) is 59.0 Å². The molecule has 0 aromatic carbocycles. The van der Waals surface area contributed by atoms with Crippen molar-refractivity contribution < 1.29 is 17.4 Å². The molecule has 0 aromatic heterocycles. The molecule has 0 spiro atoms. The zero-order valence-corrected chi connectivity index (χ0v) is 21.9. The molecule has 0 aliphatic carbocycles. The van der Waals surface area contributed by atoms with Gasteiger partial charge < -0.3 is 4.74 Å². The summed E-state index contributed by atoms with van der Waals surface area (Å²) in [5.74, 6) is 0. The molecular formula is C21H45NO4S2. The van der Waals surface area contributed by atoms with Crippen LogP contribution in [0.2, 0.25) is 0 Å². The lowest BCUT2D eigenvalue weighted by Gasteiger charge is -2.44.